The number of Topliss-reactive ketones (excluding diaryl/α,β-unsaturated/α-hetero) is 1. The smallest absolute Gasteiger partial charge is 0.165 e. The first kappa shape index (κ1) is 19.2. The average molecular weight is 424 g/mol. The number of anilines is 1. The van der Waals surface area contributed by atoms with Crippen molar-refractivity contribution in [3.63, 3.8) is 0 Å². The van der Waals surface area contributed by atoms with Crippen LogP contribution in [0.25, 0.3) is 0 Å². The number of hydrogen-bond acceptors (Lipinski definition) is 3. The average Bonchev–Trinajstić information content (AvgIpc) is 2.70. The minimum absolute atomic E-state index is 0.0881. The van der Waals surface area contributed by atoms with Crippen molar-refractivity contribution in [2.24, 2.45) is 0 Å². The molecule has 27 heavy (non-hydrogen) atoms. The monoisotopic (exact) mass is 423 g/mol. The molecule has 3 rings (SSSR count). The van der Waals surface area contributed by atoms with Gasteiger partial charge in [0, 0.05) is 22.1 Å². The van der Waals surface area contributed by atoms with Crippen LogP contribution in [0, 0.1) is 6.92 Å². The minimum Gasteiger partial charge on any atom is -0.497 e. The number of ketones is 1. The zero-order valence-electron chi connectivity index (χ0n) is 15.4. The lowest BCUT2D eigenvalue weighted by Gasteiger charge is -2.20. The van der Waals surface area contributed by atoms with Crippen molar-refractivity contribution < 1.29 is 9.53 Å². The summed E-state index contributed by atoms with van der Waals surface area (Å²) < 4.78 is 6.19. The Kier molecular flexibility index (Phi) is 6.30. The highest BCUT2D eigenvalue weighted by molar-refractivity contribution is 9.10. The summed E-state index contributed by atoms with van der Waals surface area (Å²) >= 11 is 3.47. The van der Waals surface area contributed by atoms with E-state index >= 15 is 0 Å². The molecular formula is C23H22BrNO2. The Balaban J connectivity index is 1.82. The van der Waals surface area contributed by atoms with Crippen LogP contribution in [0.1, 0.15) is 33.9 Å². The molecule has 0 heterocycles. The van der Waals surface area contributed by atoms with Crippen molar-refractivity contribution in [2.45, 2.75) is 19.4 Å². The maximum atomic E-state index is 12.8. The summed E-state index contributed by atoms with van der Waals surface area (Å²) in [6, 6.07) is 23.4. The number of aryl methyl sites for hydroxylation is 1. The molecule has 0 saturated carbocycles. The molecule has 0 bridgehead atoms. The third-order valence-corrected chi connectivity index (χ3v) is 5.00. The quantitative estimate of drug-likeness (QED) is 0.460. The summed E-state index contributed by atoms with van der Waals surface area (Å²) in [6.07, 6.45) is 0.363. The van der Waals surface area contributed by atoms with Crippen LogP contribution in [-0.2, 0) is 0 Å². The highest BCUT2D eigenvalue weighted by Gasteiger charge is 2.17. The third-order valence-electron chi connectivity index (χ3n) is 4.47. The summed E-state index contributed by atoms with van der Waals surface area (Å²) in [5, 5.41) is 3.50. The van der Waals surface area contributed by atoms with Gasteiger partial charge in [0.25, 0.3) is 0 Å². The molecule has 0 fully saturated rings. The van der Waals surface area contributed by atoms with E-state index in [1.807, 2.05) is 60.7 Å². The van der Waals surface area contributed by atoms with Crippen LogP contribution < -0.4 is 10.1 Å². The number of carbonyl (C=O) groups is 1. The van der Waals surface area contributed by atoms with E-state index in [1.165, 1.54) is 5.56 Å². The summed E-state index contributed by atoms with van der Waals surface area (Å²) in [5.41, 5.74) is 3.95. The molecule has 3 aromatic rings. The number of benzene rings is 3. The third kappa shape index (κ3) is 5.20. The normalized spacial score (nSPS) is 11.7. The molecule has 3 nitrogen and oxygen atoms in total. The number of halogens is 1. The van der Waals surface area contributed by atoms with Crippen molar-refractivity contribution >= 4 is 27.4 Å². The lowest BCUT2D eigenvalue weighted by atomic mass is 9.97. The van der Waals surface area contributed by atoms with E-state index in [0.29, 0.717) is 12.0 Å². The van der Waals surface area contributed by atoms with Crippen molar-refractivity contribution in [1.82, 2.24) is 0 Å². The van der Waals surface area contributed by atoms with Gasteiger partial charge in [0.15, 0.2) is 5.78 Å². The number of ether oxygens (including phenoxy) is 1. The molecule has 0 unspecified atom stereocenters. The van der Waals surface area contributed by atoms with Crippen molar-refractivity contribution in [3.8, 4) is 5.75 Å². The van der Waals surface area contributed by atoms with Gasteiger partial charge in [-0.15, -0.1) is 0 Å². The fourth-order valence-electron chi connectivity index (χ4n) is 2.88. The summed E-state index contributed by atoms with van der Waals surface area (Å²) in [7, 11) is 1.62. The highest BCUT2D eigenvalue weighted by Crippen LogP contribution is 2.26. The van der Waals surface area contributed by atoms with E-state index in [9.17, 15) is 4.79 Å². The molecule has 0 saturated heterocycles. The molecule has 0 spiro atoms. The van der Waals surface area contributed by atoms with Crippen LogP contribution in [0.3, 0.4) is 0 Å². The lowest BCUT2D eigenvalue weighted by molar-refractivity contribution is 0.0976. The first-order valence-electron chi connectivity index (χ1n) is 8.81. The predicted octanol–water partition coefficient (Wildman–Crippen LogP) is 6.19. The van der Waals surface area contributed by atoms with Crippen LogP contribution >= 0.6 is 15.9 Å². The van der Waals surface area contributed by atoms with Gasteiger partial charge in [-0.1, -0.05) is 45.8 Å². The van der Waals surface area contributed by atoms with Gasteiger partial charge in [0.2, 0.25) is 0 Å². The van der Waals surface area contributed by atoms with Gasteiger partial charge < -0.3 is 10.1 Å². The Bertz CT molecular complexity index is 887. The fraction of sp³-hybridized carbons (Fsp3) is 0.174. The fourth-order valence-corrected chi connectivity index (χ4v) is 3.14. The Morgan fingerprint density at radius 3 is 2.19 bits per heavy atom. The minimum atomic E-state index is -0.115. The molecular weight excluding hydrogens is 402 g/mol. The number of carbonyl (C=O) groups excluding carboxylic acids is 1. The first-order chi connectivity index (χ1) is 13.0. The molecule has 0 aliphatic carbocycles. The van der Waals surface area contributed by atoms with Gasteiger partial charge in [-0.05, 0) is 61.0 Å². The summed E-state index contributed by atoms with van der Waals surface area (Å²) in [5.74, 6) is 0.832. The second-order valence-electron chi connectivity index (χ2n) is 6.47. The molecule has 0 radical (unpaired) electrons. The van der Waals surface area contributed by atoms with Gasteiger partial charge in [-0.25, -0.2) is 0 Å². The topological polar surface area (TPSA) is 38.3 Å². The molecule has 3 aromatic carbocycles. The Hall–Kier alpha value is -2.59. The van der Waals surface area contributed by atoms with Gasteiger partial charge in [0.1, 0.15) is 5.75 Å². The number of nitrogens with one attached hydrogen (secondary N) is 1. The molecule has 0 amide bonds. The number of rotatable bonds is 7. The second kappa shape index (κ2) is 8.87. The number of methoxy groups -OCH3 is 1. The van der Waals surface area contributed by atoms with Crippen molar-refractivity contribution in [3.05, 3.63) is 94.0 Å². The van der Waals surface area contributed by atoms with Crippen LogP contribution in [0.15, 0.2) is 77.3 Å². The Morgan fingerprint density at radius 1 is 0.963 bits per heavy atom. The van der Waals surface area contributed by atoms with Gasteiger partial charge in [-0.2, -0.15) is 0 Å². The zero-order valence-corrected chi connectivity index (χ0v) is 17.0. The van der Waals surface area contributed by atoms with Crippen molar-refractivity contribution in [1.29, 1.82) is 0 Å². The first-order valence-corrected chi connectivity index (χ1v) is 9.60. The summed E-state index contributed by atoms with van der Waals surface area (Å²) in [4.78, 5) is 12.8. The Labute approximate surface area is 168 Å². The van der Waals surface area contributed by atoms with Crippen LogP contribution in [0.5, 0.6) is 5.75 Å². The highest BCUT2D eigenvalue weighted by atomic mass is 79.9. The molecule has 0 aliphatic heterocycles. The van der Waals surface area contributed by atoms with Crippen LogP contribution in [-0.4, -0.2) is 12.9 Å². The molecule has 0 aromatic heterocycles. The standard InChI is InChI=1S/C23H22BrNO2/c1-16-3-11-20(12-4-16)25-22(17-5-9-19(24)10-6-17)15-23(26)18-7-13-21(27-2)14-8-18/h3-14,22,25H,15H2,1-2H3/t22-/m1/s1. The van der Waals surface area contributed by atoms with Gasteiger partial charge >= 0.3 is 0 Å². The maximum absolute atomic E-state index is 12.8. The lowest BCUT2D eigenvalue weighted by Crippen LogP contribution is -2.16. The second-order valence-corrected chi connectivity index (χ2v) is 7.39. The Morgan fingerprint density at radius 2 is 1.59 bits per heavy atom. The van der Waals surface area contributed by atoms with E-state index in [0.717, 1.165) is 21.5 Å². The van der Waals surface area contributed by atoms with Crippen LogP contribution in [0.2, 0.25) is 0 Å². The van der Waals surface area contributed by atoms with Gasteiger partial charge in [-0.3, -0.25) is 4.79 Å². The van der Waals surface area contributed by atoms with E-state index in [1.54, 1.807) is 7.11 Å². The summed E-state index contributed by atoms with van der Waals surface area (Å²) in [6.45, 7) is 2.06. The maximum Gasteiger partial charge on any atom is 0.165 e. The predicted molar refractivity (Wildman–Crippen MR) is 114 cm³/mol. The molecule has 1 atom stereocenters. The van der Waals surface area contributed by atoms with Gasteiger partial charge in [0.05, 0.1) is 13.2 Å². The van der Waals surface area contributed by atoms with Crippen molar-refractivity contribution in [2.75, 3.05) is 12.4 Å². The number of hydrogen-bond donors (Lipinski definition) is 1. The zero-order chi connectivity index (χ0) is 19.2. The molecule has 4 heteroatoms. The molecule has 1 N–H and O–H groups in total. The van der Waals surface area contributed by atoms with E-state index in [4.69, 9.17) is 4.74 Å². The molecule has 0 aliphatic rings. The van der Waals surface area contributed by atoms with E-state index < -0.39 is 0 Å². The largest absolute Gasteiger partial charge is 0.497 e. The SMILES string of the molecule is COc1ccc(C(=O)C[C@@H](Nc2ccc(C)cc2)c2ccc(Br)cc2)cc1. The van der Waals surface area contributed by atoms with E-state index in [-0.39, 0.29) is 11.8 Å². The van der Waals surface area contributed by atoms with Crippen LogP contribution in [0.4, 0.5) is 5.69 Å². The van der Waals surface area contributed by atoms with E-state index in [2.05, 4.69) is 40.3 Å². The molecule has 138 valence electrons.